The van der Waals surface area contributed by atoms with Gasteiger partial charge in [0, 0.05) is 29.1 Å². The van der Waals surface area contributed by atoms with Crippen LogP contribution in [-0.4, -0.2) is 22.0 Å². The van der Waals surface area contributed by atoms with Crippen LogP contribution >= 0.6 is 0 Å². The lowest BCUT2D eigenvalue weighted by Crippen LogP contribution is -2.33. The van der Waals surface area contributed by atoms with Gasteiger partial charge < -0.3 is 4.74 Å². The lowest BCUT2D eigenvalue weighted by molar-refractivity contribution is -0.0729. The normalized spacial score (nSPS) is 21.8. The summed E-state index contributed by atoms with van der Waals surface area (Å²) in [7, 11) is 0. The number of carbonyl (C=O) groups is 1. The Balaban J connectivity index is 1.80. The molecular formula is C25H23F3N4O2. The molecule has 0 spiro atoms. The Bertz CT molecular complexity index is 1220. The minimum absolute atomic E-state index is 0.0320. The molecule has 1 amide bonds. The van der Waals surface area contributed by atoms with Crippen LogP contribution in [-0.2, 0) is 4.74 Å². The highest BCUT2D eigenvalue weighted by Crippen LogP contribution is 2.47. The van der Waals surface area contributed by atoms with Crippen LogP contribution in [0.4, 0.5) is 13.2 Å². The number of nitrogen functional groups attached to an aromatic ring is 1. The van der Waals surface area contributed by atoms with Crippen LogP contribution in [0.3, 0.4) is 0 Å². The average Bonchev–Trinajstić information content (AvgIpc) is 3.32. The number of hydrazine groups is 1. The standard InChI is InChI=1S/C25H23F3N4O2/c26-15-6-2-7-16(27)20(15)23-22(28)21(18-10-9-13-4-1-8-17(13)34-18)19(14-5-3-11-30-12-14)24(31-23)25(33)32-29/h2-3,5-7,11-13,17-18H,1,4,8-10,29H2,(H,32,33). The maximum absolute atomic E-state index is 16.3. The summed E-state index contributed by atoms with van der Waals surface area (Å²) in [5.41, 5.74) is 1.09. The molecule has 176 valence electrons. The van der Waals surface area contributed by atoms with Crippen molar-refractivity contribution in [2.75, 3.05) is 0 Å². The van der Waals surface area contributed by atoms with Crippen molar-refractivity contribution in [3.63, 3.8) is 0 Å². The molecule has 0 bridgehead atoms. The Hall–Kier alpha value is -3.30. The van der Waals surface area contributed by atoms with Gasteiger partial charge in [0.2, 0.25) is 0 Å². The molecule has 34 heavy (non-hydrogen) atoms. The van der Waals surface area contributed by atoms with Crippen molar-refractivity contribution in [2.45, 2.75) is 44.3 Å². The van der Waals surface area contributed by atoms with Gasteiger partial charge in [-0.1, -0.05) is 18.6 Å². The summed E-state index contributed by atoms with van der Waals surface area (Å²) in [6, 6.07) is 6.49. The number of carbonyl (C=O) groups excluding carboxylic acids is 1. The van der Waals surface area contributed by atoms with Crippen molar-refractivity contribution in [1.29, 1.82) is 0 Å². The number of benzene rings is 1. The van der Waals surface area contributed by atoms with Crippen LogP contribution in [0.2, 0.25) is 0 Å². The Kier molecular flexibility index (Phi) is 6.05. The smallest absolute Gasteiger partial charge is 0.284 e. The first-order valence-corrected chi connectivity index (χ1v) is 11.2. The summed E-state index contributed by atoms with van der Waals surface area (Å²) < 4.78 is 52.0. The Morgan fingerprint density at radius 3 is 2.53 bits per heavy atom. The summed E-state index contributed by atoms with van der Waals surface area (Å²) in [5, 5.41) is 0. The lowest BCUT2D eigenvalue weighted by atomic mass is 9.86. The molecule has 1 aliphatic carbocycles. The molecule has 3 N–H and O–H groups in total. The molecule has 2 aromatic heterocycles. The average molecular weight is 468 g/mol. The van der Waals surface area contributed by atoms with Gasteiger partial charge in [-0.2, -0.15) is 0 Å². The van der Waals surface area contributed by atoms with Gasteiger partial charge in [-0.3, -0.25) is 15.2 Å². The molecule has 3 heterocycles. The topological polar surface area (TPSA) is 90.1 Å². The summed E-state index contributed by atoms with van der Waals surface area (Å²) in [6.07, 6.45) is 6.52. The molecule has 3 atom stereocenters. The van der Waals surface area contributed by atoms with E-state index in [1.165, 1.54) is 12.3 Å². The fraction of sp³-hybridized carbons (Fsp3) is 0.320. The van der Waals surface area contributed by atoms with Crippen molar-refractivity contribution in [3.05, 3.63) is 71.4 Å². The largest absolute Gasteiger partial charge is 0.370 e. The number of hydrogen-bond donors (Lipinski definition) is 2. The first kappa shape index (κ1) is 22.5. The third-order valence-electron chi connectivity index (χ3n) is 6.72. The molecule has 1 saturated carbocycles. The van der Waals surface area contributed by atoms with Gasteiger partial charge in [-0.25, -0.2) is 24.0 Å². The van der Waals surface area contributed by atoms with E-state index in [1.807, 2.05) is 5.43 Å². The van der Waals surface area contributed by atoms with Crippen molar-refractivity contribution < 1.29 is 22.7 Å². The SMILES string of the molecule is NNC(=O)c1nc(-c2c(F)cccc2F)c(F)c(C2CCC3CCCC3O2)c1-c1cccnc1. The van der Waals surface area contributed by atoms with Gasteiger partial charge in [0.1, 0.15) is 23.0 Å². The van der Waals surface area contributed by atoms with E-state index in [2.05, 4.69) is 9.97 Å². The number of fused-ring (bicyclic) bond motifs is 1. The van der Waals surface area contributed by atoms with E-state index >= 15 is 4.39 Å². The molecule has 1 aliphatic heterocycles. The number of aromatic nitrogens is 2. The van der Waals surface area contributed by atoms with Gasteiger partial charge in [0.15, 0.2) is 5.82 Å². The fourth-order valence-electron chi connectivity index (χ4n) is 5.18. The highest BCUT2D eigenvalue weighted by atomic mass is 19.1. The molecular weight excluding hydrogens is 445 g/mol. The zero-order valence-electron chi connectivity index (χ0n) is 18.2. The van der Waals surface area contributed by atoms with Gasteiger partial charge in [-0.15, -0.1) is 0 Å². The van der Waals surface area contributed by atoms with E-state index in [4.69, 9.17) is 10.6 Å². The second-order valence-corrected chi connectivity index (χ2v) is 8.66. The van der Waals surface area contributed by atoms with Crippen LogP contribution in [0.15, 0.2) is 42.7 Å². The second-order valence-electron chi connectivity index (χ2n) is 8.66. The van der Waals surface area contributed by atoms with E-state index in [1.54, 1.807) is 18.3 Å². The summed E-state index contributed by atoms with van der Waals surface area (Å²) >= 11 is 0. The quantitative estimate of drug-likeness (QED) is 0.325. The maximum Gasteiger partial charge on any atom is 0.284 e. The molecule has 3 unspecified atom stereocenters. The number of hydrogen-bond acceptors (Lipinski definition) is 5. The Morgan fingerprint density at radius 2 is 1.82 bits per heavy atom. The minimum atomic E-state index is -0.994. The van der Waals surface area contributed by atoms with Crippen molar-refractivity contribution in [2.24, 2.45) is 11.8 Å². The van der Waals surface area contributed by atoms with Gasteiger partial charge in [0.25, 0.3) is 5.91 Å². The van der Waals surface area contributed by atoms with E-state index in [-0.39, 0.29) is 22.9 Å². The highest BCUT2D eigenvalue weighted by molar-refractivity contribution is 6.00. The van der Waals surface area contributed by atoms with Gasteiger partial charge in [-0.05, 0) is 49.8 Å². The molecule has 6 nitrogen and oxygen atoms in total. The number of nitrogens with one attached hydrogen (secondary N) is 1. The fourth-order valence-corrected chi connectivity index (χ4v) is 5.18. The number of rotatable bonds is 4. The zero-order chi connectivity index (χ0) is 23.8. The molecule has 5 rings (SSSR count). The molecule has 9 heteroatoms. The van der Waals surface area contributed by atoms with E-state index in [0.29, 0.717) is 17.9 Å². The third kappa shape index (κ3) is 3.84. The molecule has 1 aromatic carbocycles. The number of halogens is 3. The highest BCUT2D eigenvalue weighted by Gasteiger charge is 2.39. The third-order valence-corrected chi connectivity index (χ3v) is 6.72. The lowest BCUT2D eigenvalue weighted by Gasteiger charge is -2.34. The van der Waals surface area contributed by atoms with Crippen LogP contribution in [0.1, 0.15) is 54.3 Å². The molecule has 2 aliphatic rings. The number of pyridine rings is 2. The number of ether oxygens (including phenoxy) is 1. The van der Waals surface area contributed by atoms with Crippen molar-refractivity contribution in [3.8, 4) is 22.4 Å². The van der Waals surface area contributed by atoms with Crippen LogP contribution < -0.4 is 11.3 Å². The van der Waals surface area contributed by atoms with Gasteiger partial charge in [0.05, 0.1) is 17.8 Å². The molecule has 3 aromatic rings. The predicted octanol–water partition coefficient (Wildman–Crippen LogP) is 4.85. The number of amides is 1. The summed E-state index contributed by atoms with van der Waals surface area (Å²) in [5.74, 6) is 2.06. The van der Waals surface area contributed by atoms with Crippen LogP contribution in [0.5, 0.6) is 0 Å². The van der Waals surface area contributed by atoms with Crippen LogP contribution in [0.25, 0.3) is 22.4 Å². The first-order chi connectivity index (χ1) is 16.5. The summed E-state index contributed by atoms with van der Waals surface area (Å²) in [6.45, 7) is 0. The zero-order valence-corrected chi connectivity index (χ0v) is 18.2. The monoisotopic (exact) mass is 468 g/mol. The van der Waals surface area contributed by atoms with Crippen molar-refractivity contribution >= 4 is 5.91 Å². The predicted molar refractivity (Wildman–Crippen MR) is 119 cm³/mol. The number of nitrogens with two attached hydrogens (primary N) is 1. The summed E-state index contributed by atoms with van der Waals surface area (Å²) in [4.78, 5) is 21.0. The van der Waals surface area contributed by atoms with Crippen LogP contribution in [0, 0.1) is 23.4 Å². The first-order valence-electron chi connectivity index (χ1n) is 11.2. The minimum Gasteiger partial charge on any atom is -0.370 e. The van der Waals surface area contributed by atoms with Gasteiger partial charge >= 0.3 is 0 Å². The maximum atomic E-state index is 16.3. The van der Waals surface area contributed by atoms with E-state index in [0.717, 1.165) is 37.8 Å². The molecule has 2 fully saturated rings. The Morgan fingerprint density at radius 1 is 1.03 bits per heavy atom. The van der Waals surface area contributed by atoms with E-state index < -0.39 is 40.7 Å². The Labute approximate surface area is 194 Å². The molecule has 0 radical (unpaired) electrons. The second kappa shape index (κ2) is 9.15. The molecule has 1 saturated heterocycles. The van der Waals surface area contributed by atoms with E-state index in [9.17, 15) is 13.6 Å². The van der Waals surface area contributed by atoms with Crippen molar-refractivity contribution in [1.82, 2.24) is 15.4 Å². The number of nitrogens with zero attached hydrogens (tertiary/aromatic N) is 2.